The van der Waals surface area contributed by atoms with Crippen LogP contribution in [-0.4, -0.2) is 46.3 Å². The van der Waals surface area contributed by atoms with Crippen molar-refractivity contribution in [2.75, 3.05) is 28.4 Å². The number of benzene rings is 2. The molecule has 1 aromatic heterocycles. The van der Waals surface area contributed by atoms with Crippen LogP contribution in [0.1, 0.15) is 20.8 Å². The first-order chi connectivity index (χ1) is 17.6. The Balaban J connectivity index is 2.44. The van der Waals surface area contributed by atoms with Crippen molar-refractivity contribution in [2.45, 2.75) is 20.8 Å². The summed E-state index contributed by atoms with van der Waals surface area (Å²) < 4.78 is 43.2. The second-order valence-corrected chi connectivity index (χ2v) is 7.39. The zero-order valence-electron chi connectivity index (χ0n) is 21.1. The quantitative estimate of drug-likeness (QED) is 0.320. The normalized spacial score (nSPS) is 10.5. The average molecular weight is 516 g/mol. The van der Waals surface area contributed by atoms with Gasteiger partial charge in [0.05, 0.1) is 28.4 Å². The number of carbonyl (C=O) groups excluding carboxylic acids is 3. The van der Waals surface area contributed by atoms with Gasteiger partial charge in [-0.05, 0) is 12.1 Å². The molecule has 196 valence electrons. The molecule has 0 aliphatic heterocycles. The lowest BCUT2D eigenvalue weighted by Gasteiger charge is -2.18. The summed E-state index contributed by atoms with van der Waals surface area (Å²) in [5.41, 5.74) is -0.582. The Hall–Kier alpha value is -4.74. The monoisotopic (exact) mass is 516 g/mol. The molecule has 12 heteroatoms. The summed E-state index contributed by atoms with van der Waals surface area (Å²) in [5, 5.41) is -0.151. The van der Waals surface area contributed by atoms with E-state index in [-0.39, 0.29) is 62.5 Å². The molecule has 12 nitrogen and oxygen atoms in total. The van der Waals surface area contributed by atoms with Crippen molar-refractivity contribution in [3.8, 4) is 51.6 Å². The maximum absolute atomic E-state index is 13.4. The van der Waals surface area contributed by atoms with Gasteiger partial charge in [-0.25, -0.2) is 0 Å². The van der Waals surface area contributed by atoms with Gasteiger partial charge in [0.15, 0.2) is 28.3 Å². The lowest BCUT2D eigenvalue weighted by atomic mass is 10.1. The Bertz CT molecular complexity index is 1410. The van der Waals surface area contributed by atoms with E-state index in [0.717, 1.165) is 13.0 Å². The van der Waals surface area contributed by atoms with Gasteiger partial charge in [-0.1, -0.05) is 0 Å². The smallest absolute Gasteiger partial charge is 0.308 e. The van der Waals surface area contributed by atoms with Crippen molar-refractivity contribution in [1.82, 2.24) is 0 Å². The number of methoxy groups -OCH3 is 4. The first-order valence-corrected chi connectivity index (χ1v) is 10.6. The molecule has 0 unspecified atom stereocenters. The largest absolute Gasteiger partial charge is 0.490 e. The fraction of sp³-hybridized carbons (Fsp3) is 0.280. The van der Waals surface area contributed by atoms with Gasteiger partial charge in [-0.15, -0.1) is 0 Å². The third-order valence-electron chi connectivity index (χ3n) is 4.87. The summed E-state index contributed by atoms with van der Waals surface area (Å²) in [6.45, 7) is 3.51. The van der Waals surface area contributed by atoms with Gasteiger partial charge in [0.25, 0.3) is 0 Å². The Morgan fingerprint density at radius 3 is 1.51 bits per heavy atom. The summed E-state index contributed by atoms with van der Waals surface area (Å²) in [6, 6.07) is 3.83. The Labute approximate surface area is 210 Å². The lowest BCUT2D eigenvalue weighted by molar-refractivity contribution is -0.133. The minimum absolute atomic E-state index is 0.00462. The second kappa shape index (κ2) is 10.9. The maximum Gasteiger partial charge on any atom is 0.308 e. The summed E-state index contributed by atoms with van der Waals surface area (Å²) in [6.07, 6.45) is 0. The molecule has 2 aromatic carbocycles. The zero-order valence-corrected chi connectivity index (χ0v) is 21.1. The Kier molecular flexibility index (Phi) is 7.91. The topological polar surface area (TPSA) is 146 Å². The minimum Gasteiger partial charge on any atom is -0.490 e. The predicted octanol–water partition coefficient (Wildman–Crippen LogP) is 3.27. The fourth-order valence-electron chi connectivity index (χ4n) is 3.61. The first-order valence-electron chi connectivity index (χ1n) is 10.6. The third kappa shape index (κ3) is 5.27. The molecule has 1 heterocycles. The van der Waals surface area contributed by atoms with Gasteiger partial charge in [0.2, 0.25) is 23.0 Å². The number of esters is 3. The van der Waals surface area contributed by atoms with Crippen LogP contribution in [-0.2, 0) is 14.4 Å². The SMILES string of the molecule is COc1c(OC(C)=O)cc(-c2cc(=O)c3c(OC(C)=O)c(OC)c(OC)c(OC)c3o2)cc1OC(C)=O. The van der Waals surface area contributed by atoms with E-state index in [9.17, 15) is 19.2 Å². The van der Waals surface area contributed by atoms with E-state index in [1.807, 2.05) is 0 Å². The minimum atomic E-state index is -0.720. The summed E-state index contributed by atoms with van der Waals surface area (Å²) in [4.78, 5) is 48.6. The van der Waals surface area contributed by atoms with Crippen molar-refractivity contribution in [2.24, 2.45) is 0 Å². The number of fused-ring (bicyclic) bond motifs is 1. The highest BCUT2D eigenvalue weighted by molar-refractivity contribution is 5.97. The van der Waals surface area contributed by atoms with E-state index in [4.69, 9.17) is 37.6 Å². The standard InChI is InChI=1S/C25H24O12/c1-11(26)34-17-8-14(9-18(20(17)30-4)35-12(2)27)16-10-15(29)19-21(36-13(3)28)23(31-5)25(33-7)24(32-6)22(19)37-16/h8-10H,1-7H3. The van der Waals surface area contributed by atoms with E-state index >= 15 is 0 Å². The van der Waals surface area contributed by atoms with Crippen molar-refractivity contribution in [1.29, 1.82) is 0 Å². The molecule has 0 saturated heterocycles. The maximum atomic E-state index is 13.4. The molecule has 0 bridgehead atoms. The molecule has 37 heavy (non-hydrogen) atoms. The number of ether oxygens (including phenoxy) is 7. The molecule has 0 amide bonds. The van der Waals surface area contributed by atoms with Crippen molar-refractivity contribution >= 4 is 28.9 Å². The van der Waals surface area contributed by atoms with Crippen molar-refractivity contribution in [3.05, 3.63) is 28.4 Å². The molecule has 0 fully saturated rings. The van der Waals surface area contributed by atoms with Gasteiger partial charge in [-0.3, -0.25) is 19.2 Å². The molecular weight excluding hydrogens is 492 g/mol. The molecule has 0 aliphatic carbocycles. The molecule has 0 atom stereocenters. The van der Waals surface area contributed by atoms with Crippen LogP contribution in [0, 0.1) is 0 Å². The molecule has 3 rings (SSSR count). The average Bonchev–Trinajstić information content (AvgIpc) is 2.81. The van der Waals surface area contributed by atoms with Gasteiger partial charge >= 0.3 is 17.9 Å². The van der Waals surface area contributed by atoms with Crippen LogP contribution in [0.25, 0.3) is 22.3 Å². The number of rotatable bonds is 8. The second-order valence-electron chi connectivity index (χ2n) is 7.39. The van der Waals surface area contributed by atoms with Crippen molar-refractivity contribution < 1.29 is 52.0 Å². The van der Waals surface area contributed by atoms with E-state index < -0.39 is 23.3 Å². The van der Waals surface area contributed by atoms with E-state index in [1.165, 1.54) is 54.4 Å². The highest BCUT2D eigenvalue weighted by Crippen LogP contribution is 2.51. The molecular formula is C25H24O12. The molecule has 0 saturated carbocycles. The van der Waals surface area contributed by atoms with Gasteiger partial charge < -0.3 is 37.6 Å². The molecule has 0 radical (unpaired) electrons. The van der Waals surface area contributed by atoms with E-state index in [0.29, 0.717) is 0 Å². The van der Waals surface area contributed by atoms with E-state index in [2.05, 4.69) is 0 Å². The van der Waals surface area contributed by atoms with Crippen molar-refractivity contribution in [3.63, 3.8) is 0 Å². The Morgan fingerprint density at radius 1 is 0.622 bits per heavy atom. The molecule has 0 spiro atoms. The number of hydrogen-bond donors (Lipinski definition) is 0. The Morgan fingerprint density at radius 2 is 1.08 bits per heavy atom. The van der Waals surface area contributed by atoms with Crippen LogP contribution in [0.5, 0.6) is 40.2 Å². The summed E-state index contributed by atoms with van der Waals surface area (Å²) in [7, 11) is 5.24. The lowest BCUT2D eigenvalue weighted by Crippen LogP contribution is -2.11. The van der Waals surface area contributed by atoms with Crippen LogP contribution in [0.2, 0.25) is 0 Å². The highest BCUT2D eigenvalue weighted by atomic mass is 16.6. The van der Waals surface area contributed by atoms with Gasteiger partial charge in [0.1, 0.15) is 11.1 Å². The van der Waals surface area contributed by atoms with E-state index in [1.54, 1.807) is 0 Å². The van der Waals surface area contributed by atoms with Crippen LogP contribution in [0.4, 0.5) is 0 Å². The number of hydrogen-bond acceptors (Lipinski definition) is 12. The summed E-state index contributed by atoms with van der Waals surface area (Å²) in [5.74, 6) is -2.61. The van der Waals surface area contributed by atoms with Crippen LogP contribution < -0.4 is 38.6 Å². The number of carbonyl (C=O) groups is 3. The van der Waals surface area contributed by atoms with Crippen LogP contribution in [0.15, 0.2) is 27.4 Å². The van der Waals surface area contributed by atoms with Crippen LogP contribution in [0.3, 0.4) is 0 Å². The predicted molar refractivity (Wildman–Crippen MR) is 128 cm³/mol. The fourth-order valence-corrected chi connectivity index (χ4v) is 3.61. The first kappa shape index (κ1) is 26.9. The molecule has 0 N–H and O–H groups in total. The molecule has 3 aromatic rings. The highest BCUT2D eigenvalue weighted by Gasteiger charge is 2.29. The van der Waals surface area contributed by atoms with Gasteiger partial charge in [0, 0.05) is 32.4 Å². The molecule has 0 aliphatic rings. The summed E-state index contributed by atoms with van der Waals surface area (Å²) >= 11 is 0. The zero-order chi connectivity index (χ0) is 27.4. The third-order valence-corrected chi connectivity index (χ3v) is 4.87. The van der Waals surface area contributed by atoms with Crippen LogP contribution >= 0.6 is 0 Å². The van der Waals surface area contributed by atoms with Gasteiger partial charge in [-0.2, -0.15) is 0 Å².